The summed E-state index contributed by atoms with van der Waals surface area (Å²) >= 11 is 1.64. The topological polar surface area (TPSA) is 49.4 Å². The predicted octanol–water partition coefficient (Wildman–Crippen LogP) is 5.42. The predicted molar refractivity (Wildman–Crippen MR) is 123 cm³/mol. The van der Waals surface area contributed by atoms with Crippen LogP contribution in [0.15, 0.2) is 34.2 Å². The quantitative estimate of drug-likeness (QED) is 0.413. The zero-order valence-electron chi connectivity index (χ0n) is 19.4. The number of halogens is 6. The van der Waals surface area contributed by atoms with E-state index in [4.69, 9.17) is 9.47 Å². The molecular formula is C24H27F6N3O2S. The number of aliphatic imine (C=N–C) groups is 1. The third kappa shape index (κ3) is 6.20. The molecule has 1 N–H and O–H groups in total. The van der Waals surface area contributed by atoms with Crippen LogP contribution in [-0.4, -0.2) is 54.7 Å². The molecule has 0 spiro atoms. The van der Waals surface area contributed by atoms with E-state index >= 15 is 0 Å². The third-order valence-electron chi connectivity index (χ3n) is 6.82. The van der Waals surface area contributed by atoms with E-state index in [1.54, 1.807) is 11.8 Å². The van der Waals surface area contributed by atoms with Gasteiger partial charge in [0.25, 0.3) is 0 Å². The maximum Gasteiger partial charge on any atom is 0.416 e. The third-order valence-corrected chi connectivity index (χ3v) is 7.98. The van der Waals surface area contributed by atoms with Crippen LogP contribution in [0.5, 0.6) is 0 Å². The Morgan fingerprint density at radius 3 is 2.53 bits per heavy atom. The van der Waals surface area contributed by atoms with Crippen molar-refractivity contribution in [2.75, 3.05) is 26.3 Å². The molecule has 4 aliphatic rings. The number of hydrogen-bond acceptors (Lipinski definition) is 6. The molecule has 5 rings (SSSR count). The van der Waals surface area contributed by atoms with Gasteiger partial charge in [-0.1, -0.05) is 23.9 Å². The largest absolute Gasteiger partial charge is 0.416 e. The Hall–Kier alpha value is -1.76. The number of amidine groups is 1. The summed E-state index contributed by atoms with van der Waals surface area (Å²) in [6, 6.07) is 2.09. The second-order valence-electron chi connectivity index (χ2n) is 9.56. The molecule has 0 saturated carbocycles. The van der Waals surface area contributed by atoms with Gasteiger partial charge in [0.05, 0.1) is 23.8 Å². The van der Waals surface area contributed by atoms with E-state index in [1.807, 2.05) is 4.90 Å². The van der Waals surface area contributed by atoms with Crippen molar-refractivity contribution in [3.63, 3.8) is 0 Å². The molecular weight excluding hydrogens is 508 g/mol. The van der Waals surface area contributed by atoms with E-state index in [-0.39, 0.29) is 41.8 Å². The minimum Gasteiger partial charge on any atom is -0.379 e. The number of nitrogens with one attached hydrogen (secondary N) is 1. The number of fused-ring (bicyclic) bond motifs is 1. The van der Waals surface area contributed by atoms with Gasteiger partial charge in [-0.05, 0) is 62.4 Å². The summed E-state index contributed by atoms with van der Waals surface area (Å²) < 4.78 is 90.5. The Kier molecular flexibility index (Phi) is 7.32. The van der Waals surface area contributed by atoms with Crippen molar-refractivity contribution in [2.45, 2.75) is 62.3 Å². The van der Waals surface area contributed by atoms with Crippen LogP contribution in [-0.2, 0) is 28.4 Å². The minimum atomic E-state index is -4.85. The van der Waals surface area contributed by atoms with E-state index in [0.29, 0.717) is 19.7 Å². The normalized spacial score (nSPS) is 29.1. The van der Waals surface area contributed by atoms with Gasteiger partial charge in [0.15, 0.2) is 11.7 Å². The Bertz CT molecular complexity index is 1010. The number of ether oxygens (including phenoxy) is 2. The van der Waals surface area contributed by atoms with Crippen LogP contribution in [0.1, 0.15) is 42.4 Å². The monoisotopic (exact) mass is 535 g/mol. The number of nitrogens with zero attached hydrogens (tertiary/aromatic N) is 2. The second-order valence-corrected chi connectivity index (χ2v) is 10.7. The summed E-state index contributed by atoms with van der Waals surface area (Å²) in [4.78, 5) is 7.56. The molecule has 3 atom stereocenters. The van der Waals surface area contributed by atoms with E-state index in [2.05, 4.69) is 16.4 Å². The second kappa shape index (κ2) is 10.2. The van der Waals surface area contributed by atoms with E-state index in [9.17, 15) is 26.3 Å². The van der Waals surface area contributed by atoms with Crippen LogP contribution in [0.2, 0.25) is 0 Å². The number of allylic oxidation sites excluding steroid dienone is 1. The van der Waals surface area contributed by atoms with Gasteiger partial charge in [-0.15, -0.1) is 0 Å². The Labute approximate surface area is 209 Å². The first kappa shape index (κ1) is 25.9. The molecule has 12 heteroatoms. The Balaban J connectivity index is 1.22. The molecule has 5 nitrogen and oxygen atoms in total. The standard InChI is InChI=1S/C24H27F6N3O2S/c25-23(26,27)16-4-3-15(18(11-16)24(28,29)30)12-33-7-5-14(6-8-33)10-19-20(32-21-22(35-21)36-19)31-17-2-1-9-34-13-17/h3-4,10-11,14,17,21-22H,1-2,5-9,12-13H2,(H,31,32)/b19-10-/t17-,21?,22?/m1/s1. The summed E-state index contributed by atoms with van der Waals surface area (Å²) in [6.07, 6.45) is -4.15. The minimum absolute atomic E-state index is 0.0324. The highest BCUT2D eigenvalue weighted by Crippen LogP contribution is 2.44. The molecule has 4 aliphatic heterocycles. The maximum absolute atomic E-state index is 13.5. The number of hydrogen-bond donors (Lipinski definition) is 1. The molecule has 2 unspecified atom stereocenters. The lowest BCUT2D eigenvalue weighted by Crippen LogP contribution is -2.42. The Morgan fingerprint density at radius 2 is 1.86 bits per heavy atom. The van der Waals surface area contributed by atoms with Crippen molar-refractivity contribution in [3.05, 3.63) is 45.9 Å². The first-order valence-corrected chi connectivity index (χ1v) is 12.9. The van der Waals surface area contributed by atoms with Gasteiger partial charge in [-0.2, -0.15) is 26.3 Å². The van der Waals surface area contributed by atoms with Gasteiger partial charge in [0, 0.05) is 18.1 Å². The van der Waals surface area contributed by atoms with Gasteiger partial charge < -0.3 is 14.8 Å². The van der Waals surface area contributed by atoms with Gasteiger partial charge in [-0.25, -0.2) is 4.99 Å². The highest BCUT2D eigenvalue weighted by Gasteiger charge is 2.45. The maximum atomic E-state index is 13.5. The summed E-state index contributed by atoms with van der Waals surface area (Å²) in [7, 11) is 0. The van der Waals surface area contributed by atoms with Gasteiger partial charge in [0.1, 0.15) is 5.84 Å². The molecule has 0 radical (unpaired) electrons. The molecule has 198 valence electrons. The van der Waals surface area contributed by atoms with E-state index < -0.39 is 23.5 Å². The highest BCUT2D eigenvalue weighted by atomic mass is 32.2. The average Bonchev–Trinajstić information content (AvgIpc) is 3.58. The van der Waals surface area contributed by atoms with Crippen molar-refractivity contribution in [2.24, 2.45) is 10.9 Å². The van der Waals surface area contributed by atoms with Crippen LogP contribution in [0.25, 0.3) is 0 Å². The molecule has 1 aromatic carbocycles. The van der Waals surface area contributed by atoms with Crippen LogP contribution >= 0.6 is 11.8 Å². The number of piperidine rings is 1. The van der Waals surface area contributed by atoms with Crippen molar-refractivity contribution >= 4 is 17.6 Å². The van der Waals surface area contributed by atoms with E-state index in [1.165, 1.54) is 0 Å². The smallest absolute Gasteiger partial charge is 0.379 e. The number of thioether (sulfide) groups is 1. The van der Waals surface area contributed by atoms with Gasteiger partial charge in [0.2, 0.25) is 0 Å². The van der Waals surface area contributed by atoms with Crippen LogP contribution < -0.4 is 5.32 Å². The molecule has 36 heavy (non-hydrogen) atoms. The zero-order chi connectivity index (χ0) is 25.5. The van der Waals surface area contributed by atoms with E-state index in [0.717, 1.165) is 55.2 Å². The summed E-state index contributed by atoms with van der Waals surface area (Å²) in [5.74, 6) is 1.04. The fourth-order valence-corrected chi connectivity index (χ4v) is 5.89. The first-order chi connectivity index (χ1) is 17.1. The first-order valence-electron chi connectivity index (χ1n) is 12.0. The summed E-state index contributed by atoms with van der Waals surface area (Å²) in [5, 5.41) is 3.49. The number of epoxide rings is 1. The SMILES string of the molecule is FC(F)(F)c1ccc(CN2CCC(/C=C3\SC4OC4N=C3N[C@@H]3CCCOC3)CC2)c(C(F)(F)F)c1. The number of benzene rings is 1. The average molecular weight is 536 g/mol. The molecule has 1 aromatic rings. The van der Waals surface area contributed by atoms with Crippen LogP contribution in [0.4, 0.5) is 26.3 Å². The van der Waals surface area contributed by atoms with Gasteiger partial charge >= 0.3 is 12.4 Å². The molecule has 3 fully saturated rings. The lowest BCUT2D eigenvalue weighted by Gasteiger charge is -2.32. The lowest BCUT2D eigenvalue weighted by molar-refractivity contribution is -0.143. The molecule has 0 bridgehead atoms. The molecule has 3 saturated heterocycles. The number of rotatable bonds is 4. The molecule has 0 aromatic heterocycles. The fourth-order valence-electron chi connectivity index (χ4n) is 4.80. The molecule has 0 aliphatic carbocycles. The Morgan fingerprint density at radius 1 is 1.08 bits per heavy atom. The van der Waals surface area contributed by atoms with Crippen molar-refractivity contribution in [1.82, 2.24) is 10.2 Å². The van der Waals surface area contributed by atoms with Crippen molar-refractivity contribution < 1.29 is 35.8 Å². The fraction of sp³-hybridized carbons (Fsp3) is 0.625. The summed E-state index contributed by atoms with van der Waals surface area (Å²) in [6.45, 7) is 2.46. The molecule has 0 amide bonds. The highest BCUT2D eigenvalue weighted by molar-refractivity contribution is 8.04. The number of alkyl halides is 6. The number of likely N-dealkylation sites (tertiary alicyclic amines) is 1. The zero-order valence-corrected chi connectivity index (χ0v) is 20.2. The van der Waals surface area contributed by atoms with Gasteiger partial charge in [-0.3, -0.25) is 4.90 Å². The lowest BCUT2D eigenvalue weighted by atomic mass is 9.95. The van der Waals surface area contributed by atoms with Crippen molar-refractivity contribution in [3.8, 4) is 0 Å². The summed E-state index contributed by atoms with van der Waals surface area (Å²) in [5.41, 5.74) is -2.62. The van der Waals surface area contributed by atoms with Crippen molar-refractivity contribution in [1.29, 1.82) is 0 Å². The van der Waals surface area contributed by atoms with Crippen LogP contribution in [0.3, 0.4) is 0 Å². The van der Waals surface area contributed by atoms with Crippen LogP contribution in [0, 0.1) is 5.92 Å². The molecule has 4 heterocycles.